The Bertz CT molecular complexity index is 134. The average molecular weight is 172 g/mol. The molecule has 0 rings (SSSR count). The highest BCUT2D eigenvalue weighted by molar-refractivity contribution is 5.73. The van der Waals surface area contributed by atoms with Gasteiger partial charge in [0.25, 0.3) is 0 Å². The highest BCUT2D eigenvalue weighted by Gasteiger charge is 2.04. The lowest BCUT2D eigenvalue weighted by atomic mass is 10.3. The van der Waals surface area contributed by atoms with Crippen molar-refractivity contribution in [3.8, 4) is 0 Å². The quantitative estimate of drug-likeness (QED) is 0.612. The summed E-state index contributed by atoms with van der Waals surface area (Å²) in [7, 11) is 4.09. The first-order valence-corrected chi connectivity index (χ1v) is 4.48. The van der Waals surface area contributed by atoms with Crippen LogP contribution in [-0.4, -0.2) is 49.4 Å². The second-order valence-corrected chi connectivity index (χ2v) is 3.26. The molecule has 0 heterocycles. The molecule has 0 aromatic heterocycles. The van der Waals surface area contributed by atoms with E-state index in [0.29, 0.717) is 0 Å². The summed E-state index contributed by atoms with van der Waals surface area (Å²) < 4.78 is 0. The van der Waals surface area contributed by atoms with E-state index < -0.39 is 0 Å². The average Bonchev–Trinajstić information content (AvgIpc) is 1.96. The molecule has 12 heavy (non-hydrogen) atoms. The molecule has 0 radical (unpaired) electrons. The predicted octanol–water partition coefficient (Wildman–Crippen LogP) is 0.806. The molecular formula is C9H20N2O. The van der Waals surface area contributed by atoms with Crippen molar-refractivity contribution in [1.29, 1.82) is 0 Å². The molecule has 3 heteroatoms. The SMILES string of the molecule is CCN(CCCN(C)C)C(C)=O. The van der Waals surface area contributed by atoms with E-state index in [4.69, 9.17) is 0 Å². The molecule has 0 spiro atoms. The Hall–Kier alpha value is -0.570. The normalized spacial score (nSPS) is 10.4. The number of carbonyl (C=O) groups excluding carboxylic acids is 1. The van der Waals surface area contributed by atoms with Crippen molar-refractivity contribution in [3.63, 3.8) is 0 Å². The van der Waals surface area contributed by atoms with Crippen LogP contribution >= 0.6 is 0 Å². The van der Waals surface area contributed by atoms with Crippen molar-refractivity contribution in [2.45, 2.75) is 20.3 Å². The van der Waals surface area contributed by atoms with Gasteiger partial charge in [-0.15, -0.1) is 0 Å². The molecule has 0 N–H and O–H groups in total. The fourth-order valence-electron chi connectivity index (χ4n) is 1.12. The zero-order chi connectivity index (χ0) is 9.56. The van der Waals surface area contributed by atoms with Gasteiger partial charge in [-0.25, -0.2) is 0 Å². The van der Waals surface area contributed by atoms with Crippen molar-refractivity contribution in [3.05, 3.63) is 0 Å². The lowest BCUT2D eigenvalue weighted by Gasteiger charge is -2.19. The third kappa shape index (κ3) is 5.13. The number of hydrogen-bond donors (Lipinski definition) is 0. The summed E-state index contributed by atoms with van der Waals surface area (Å²) in [6.07, 6.45) is 1.06. The van der Waals surface area contributed by atoms with E-state index in [1.54, 1.807) is 6.92 Å². The summed E-state index contributed by atoms with van der Waals surface area (Å²) in [4.78, 5) is 15.0. The number of hydrogen-bond acceptors (Lipinski definition) is 2. The lowest BCUT2D eigenvalue weighted by Crippen LogP contribution is -2.31. The van der Waals surface area contributed by atoms with E-state index in [-0.39, 0.29) is 5.91 Å². The monoisotopic (exact) mass is 172 g/mol. The van der Waals surface area contributed by atoms with Crippen molar-refractivity contribution < 1.29 is 4.79 Å². The summed E-state index contributed by atoms with van der Waals surface area (Å²) in [6.45, 7) is 6.38. The lowest BCUT2D eigenvalue weighted by molar-refractivity contribution is -0.128. The first kappa shape index (κ1) is 11.4. The fraction of sp³-hybridized carbons (Fsp3) is 0.889. The van der Waals surface area contributed by atoms with E-state index in [1.807, 2.05) is 25.9 Å². The summed E-state index contributed by atoms with van der Waals surface area (Å²) >= 11 is 0. The van der Waals surface area contributed by atoms with Crippen LogP contribution in [0, 0.1) is 0 Å². The molecule has 0 aliphatic heterocycles. The first-order valence-electron chi connectivity index (χ1n) is 4.48. The van der Waals surface area contributed by atoms with Crippen molar-refractivity contribution in [1.82, 2.24) is 9.80 Å². The maximum absolute atomic E-state index is 11.0. The smallest absolute Gasteiger partial charge is 0.219 e. The molecule has 72 valence electrons. The van der Waals surface area contributed by atoms with Crippen LogP contribution in [0.3, 0.4) is 0 Å². The van der Waals surface area contributed by atoms with Crippen LogP contribution in [0.1, 0.15) is 20.3 Å². The molecular weight excluding hydrogens is 152 g/mol. The highest BCUT2D eigenvalue weighted by atomic mass is 16.2. The largest absolute Gasteiger partial charge is 0.343 e. The third-order valence-corrected chi connectivity index (χ3v) is 1.86. The molecule has 0 aromatic carbocycles. The highest BCUT2D eigenvalue weighted by Crippen LogP contribution is 1.92. The maximum atomic E-state index is 11.0. The van der Waals surface area contributed by atoms with Gasteiger partial charge in [0.2, 0.25) is 5.91 Å². The van der Waals surface area contributed by atoms with Gasteiger partial charge in [-0.3, -0.25) is 4.79 Å². The van der Waals surface area contributed by atoms with Crippen LogP contribution in [0.2, 0.25) is 0 Å². The second-order valence-electron chi connectivity index (χ2n) is 3.26. The summed E-state index contributed by atoms with van der Waals surface area (Å²) in [5.41, 5.74) is 0. The van der Waals surface area contributed by atoms with Gasteiger partial charge in [-0.1, -0.05) is 0 Å². The van der Waals surface area contributed by atoms with Crippen LogP contribution in [-0.2, 0) is 4.79 Å². The maximum Gasteiger partial charge on any atom is 0.219 e. The number of rotatable bonds is 5. The van der Waals surface area contributed by atoms with E-state index in [0.717, 1.165) is 26.1 Å². The predicted molar refractivity (Wildman–Crippen MR) is 51.1 cm³/mol. The van der Waals surface area contributed by atoms with Crippen LogP contribution in [0.25, 0.3) is 0 Å². The van der Waals surface area contributed by atoms with Gasteiger partial charge in [-0.2, -0.15) is 0 Å². The molecule has 0 saturated carbocycles. The summed E-state index contributed by atoms with van der Waals surface area (Å²) in [6, 6.07) is 0. The third-order valence-electron chi connectivity index (χ3n) is 1.86. The Morgan fingerprint density at radius 2 is 1.83 bits per heavy atom. The Morgan fingerprint density at radius 3 is 2.17 bits per heavy atom. The van der Waals surface area contributed by atoms with Gasteiger partial charge >= 0.3 is 0 Å². The summed E-state index contributed by atoms with van der Waals surface area (Å²) in [5, 5.41) is 0. The molecule has 0 aliphatic rings. The van der Waals surface area contributed by atoms with Crippen molar-refractivity contribution in [2.75, 3.05) is 33.7 Å². The van der Waals surface area contributed by atoms with Crippen molar-refractivity contribution >= 4 is 5.91 Å². The van der Waals surface area contributed by atoms with Crippen LogP contribution < -0.4 is 0 Å². The Morgan fingerprint density at radius 1 is 1.25 bits per heavy atom. The van der Waals surface area contributed by atoms with Gasteiger partial charge < -0.3 is 9.80 Å². The zero-order valence-corrected chi connectivity index (χ0v) is 8.63. The Balaban J connectivity index is 3.52. The van der Waals surface area contributed by atoms with Crippen molar-refractivity contribution in [2.24, 2.45) is 0 Å². The molecule has 3 nitrogen and oxygen atoms in total. The topological polar surface area (TPSA) is 23.6 Å². The molecule has 0 atom stereocenters. The minimum atomic E-state index is 0.177. The standard InChI is InChI=1S/C9H20N2O/c1-5-11(9(2)12)8-6-7-10(3)4/h5-8H2,1-4H3. The first-order chi connectivity index (χ1) is 5.57. The van der Waals surface area contributed by atoms with E-state index in [9.17, 15) is 4.79 Å². The fourth-order valence-corrected chi connectivity index (χ4v) is 1.12. The van der Waals surface area contributed by atoms with Gasteiger partial charge in [0, 0.05) is 20.0 Å². The van der Waals surface area contributed by atoms with E-state index in [1.165, 1.54) is 0 Å². The second kappa shape index (κ2) is 6.00. The summed E-state index contributed by atoms with van der Waals surface area (Å²) in [5.74, 6) is 0.177. The number of amides is 1. The van der Waals surface area contributed by atoms with Gasteiger partial charge in [-0.05, 0) is 34.0 Å². The Kier molecular flexibility index (Phi) is 5.72. The molecule has 0 aliphatic carbocycles. The van der Waals surface area contributed by atoms with Crippen LogP contribution in [0.5, 0.6) is 0 Å². The van der Waals surface area contributed by atoms with E-state index in [2.05, 4.69) is 4.90 Å². The van der Waals surface area contributed by atoms with E-state index >= 15 is 0 Å². The molecule has 0 bridgehead atoms. The molecule has 1 amide bonds. The Labute approximate surface area is 75.3 Å². The molecule has 0 saturated heterocycles. The minimum Gasteiger partial charge on any atom is -0.343 e. The zero-order valence-electron chi connectivity index (χ0n) is 8.63. The van der Waals surface area contributed by atoms with Gasteiger partial charge in [0.1, 0.15) is 0 Å². The van der Waals surface area contributed by atoms with Gasteiger partial charge in [0.05, 0.1) is 0 Å². The molecule has 0 fully saturated rings. The van der Waals surface area contributed by atoms with Crippen LogP contribution in [0.15, 0.2) is 0 Å². The van der Waals surface area contributed by atoms with Gasteiger partial charge in [0.15, 0.2) is 0 Å². The van der Waals surface area contributed by atoms with Crippen LogP contribution in [0.4, 0.5) is 0 Å². The number of nitrogens with zero attached hydrogens (tertiary/aromatic N) is 2. The minimum absolute atomic E-state index is 0.177. The number of carbonyl (C=O) groups is 1. The molecule has 0 unspecified atom stereocenters. The molecule has 0 aromatic rings.